The molecule has 1 aliphatic rings. The van der Waals surface area contributed by atoms with E-state index in [1.54, 1.807) is 25.4 Å². The van der Waals surface area contributed by atoms with Crippen molar-refractivity contribution >= 4 is 0 Å². The van der Waals surface area contributed by atoms with Crippen LogP contribution in [0.4, 0.5) is 4.39 Å². The van der Waals surface area contributed by atoms with Crippen LogP contribution in [0.5, 0.6) is 5.75 Å². The molecule has 0 bridgehead atoms. The van der Waals surface area contributed by atoms with Crippen LogP contribution in [0.2, 0.25) is 0 Å². The molecule has 1 aromatic heterocycles. The molecule has 0 radical (unpaired) electrons. The van der Waals surface area contributed by atoms with Crippen molar-refractivity contribution in [1.29, 1.82) is 0 Å². The fraction of sp³-hybridized carbons (Fsp3) is 0.312. The van der Waals surface area contributed by atoms with Crippen molar-refractivity contribution in [2.75, 3.05) is 7.11 Å². The molecule has 0 saturated carbocycles. The van der Waals surface area contributed by atoms with E-state index in [2.05, 4.69) is 4.98 Å². The summed E-state index contributed by atoms with van der Waals surface area (Å²) in [6.07, 6.45) is 2.57. The van der Waals surface area contributed by atoms with E-state index >= 15 is 0 Å². The van der Waals surface area contributed by atoms with E-state index in [9.17, 15) is 9.50 Å². The first-order valence-corrected chi connectivity index (χ1v) is 6.66. The summed E-state index contributed by atoms with van der Waals surface area (Å²) in [4.78, 5) is 4.42. The van der Waals surface area contributed by atoms with E-state index in [0.717, 1.165) is 29.0 Å². The van der Waals surface area contributed by atoms with Gasteiger partial charge in [0.2, 0.25) is 0 Å². The molecule has 1 heterocycles. The zero-order chi connectivity index (χ0) is 14.1. The Labute approximate surface area is 117 Å². The average Bonchev–Trinajstić information content (AvgIpc) is 2.47. The van der Waals surface area contributed by atoms with Gasteiger partial charge in [-0.15, -0.1) is 0 Å². The lowest BCUT2D eigenvalue weighted by atomic mass is 9.79. The van der Waals surface area contributed by atoms with Crippen LogP contribution in [0.1, 0.15) is 29.2 Å². The van der Waals surface area contributed by atoms with Gasteiger partial charge in [-0.3, -0.25) is 4.98 Å². The number of halogens is 1. The van der Waals surface area contributed by atoms with Gasteiger partial charge in [0.1, 0.15) is 11.6 Å². The van der Waals surface area contributed by atoms with Crippen LogP contribution in [0.25, 0.3) is 0 Å². The first-order valence-electron chi connectivity index (χ1n) is 6.66. The molecule has 2 unspecified atom stereocenters. The second-order valence-corrected chi connectivity index (χ2v) is 5.01. The summed E-state index contributed by atoms with van der Waals surface area (Å²) in [6, 6.07) is 8.07. The second kappa shape index (κ2) is 5.21. The SMILES string of the molecule is COc1ccnc2c1CCC(O)C2c1ccc(F)cc1. The van der Waals surface area contributed by atoms with Crippen molar-refractivity contribution in [3.05, 3.63) is 59.2 Å². The summed E-state index contributed by atoms with van der Waals surface area (Å²) >= 11 is 0. The topological polar surface area (TPSA) is 42.4 Å². The number of aliphatic hydroxyl groups is 1. The van der Waals surface area contributed by atoms with Gasteiger partial charge in [0, 0.05) is 11.8 Å². The number of pyridine rings is 1. The van der Waals surface area contributed by atoms with Crippen molar-refractivity contribution in [2.24, 2.45) is 0 Å². The summed E-state index contributed by atoms with van der Waals surface area (Å²) in [6.45, 7) is 0. The van der Waals surface area contributed by atoms with E-state index < -0.39 is 6.10 Å². The maximum Gasteiger partial charge on any atom is 0.125 e. The van der Waals surface area contributed by atoms with Crippen molar-refractivity contribution in [2.45, 2.75) is 24.9 Å². The Morgan fingerprint density at radius 1 is 1.25 bits per heavy atom. The number of hydrogen-bond acceptors (Lipinski definition) is 3. The van der Waals surface area contributed by atoms with Gasteiger partial charge in [-0.05, 0) is 36.6 Å². The first kappa shape index (κ1) is 13.1. The third-order valence-electron chi connectivity index (χ3n) is 3.86. The number of benzene rings is 1. The number of ether oxygens (including phenoxy) is 1. The molecule has 1 aliphatic carbocycles. The molecule has 4 heteroatoms. The molecule has 0 fully saturated rings. The lowest BCUT2D eigenvalue weighted by Gasteiger charge is -2.30. The molecular formula is C16H16FNO2. The summed E-state index contributed by atoms with van der Waals surface area (Å²) in [7, 11) is 1.63. The van der Waals surface area contributed by atoms with Crippen LogP contribution in [-0.4, -0.2) is 23.3 Å². The maximum absolute atomic E-state index is 13.1. The molecular weight excluding hydrogens is 257 g/mol. The lowest BCUT2D eigenvalue weighted by molar-refractivity contribution is 0.137. The van der Waals surface area contributed by atoms with Gasteiger partial charge in [0.25, 0.3) is 0 Å². The van der Waals surface area contributed by atoms with Crippen LogP contribution in [0, 0.1) is 5.82 Å². The monoisotopic (exact) mass is 273 g/mol. The zero-order valence-corrected chi connectivity index (χ0v) is 11.2. The molecule has 0 spiro atoms. The molecule has 0 saturated heterocycles. The molecule has 0 aliphatic heterocycles. The normalized spacial score (nSPS) is 21.4. The standard InChI is InChI=1S/C16H16FNO2/c1-20-14-8-9-18-16-12(14)6-7-13(19)15(16)10-2-4-11(17)5-3-10/h2-5,8-9,13,15,19H,6-7H2,1H3. The number of fused-ring (bicyclic) bond motifs is 1. The van der Waals surface area contributed by atoms with E-state index in [1.807, 2.05) is 6.07 Å². The predicted molar refractivity (Wildman–Crippen MR) is 73.4 cm³/mol. The average molecular weight is 273 g/mol. The number of hydrogen-bond donors (Lipinski definition) is 1. The van der Waals surface area contributed by atoms with Crippen LogP contribution < -0.4 is 4.74 Å². The third-order valence-corrected chi connectivity index (χ3v) is 3.86. The Morgan fingerprint density at radius 2 is 2.00 bits per heavy atom. The highest BCUT2D eigenvalue weighted by molar-refractivity contribution is 5.44. The molecule has 3 rings (SSSR count). The molecule has 0 amide bonds. The molecule has 104 valence electrons. The molecule has 1 N–H and O–H groups in total. The number of nitrogens with zero attached hydrogens (tertiary/aromatic N) is 1. The third kappa shape index (κ3) is 2.16. The second-order valence-electron chi connectivity index (χ2n) is 5.01. The summed E-state index contributed by atoms with van der Waals surface area (Å²) in [5.74, 6) is 0.293. The van der Waals surface area contributed by atoms with Crippen molar-refractivity contribution < 1.29 is 14.2 Å². The van der Waals surface area contributed by atoms with Gasteiger partial charge in [0.15, 0.2) is 0 Å². The maximum atomic E-state index is 13.1. The number of rotatable bonds is 2. The molecule has 1 aromatic carbocycles. The predicted octanol–water partition coefficient (Wildman–Crippen LogP) is 2.67. The quantitative estimate of drug-likeness (QED) is 0.914. The minimum atomic E-state index is -0.507. The summed E-state index contributed by atoms with van der Waals surface area (Å²) in [5.41, 5.74) is 2.74. The Kier molecular flexibility index (Phi) is 3.40. The fourth-order valence-electron chi connectivity index (χ4n) is 2.89. The van der Waals surface area contributed by atoms with E-state index in [-0.39, 0.29) is 11.7 Å². The van der Waals surface area contributed by atoms with Gasteiger partial charge in [-0.2, -0.15) is 0 Å². The fourth-order valence-corrected chi connectivity index (χ4v) is 2.89. The van der Waals surface area contributed by atoms with Crippen LogP contribution in [-0.2, 0) is 6.42 Å². The van der Waals surface area contributed by atoms with Gasteiger partial charge in [-0.25, -0.2) is 4.39 Å². The van der Waals surface area contributed by atoms with E-state index in [1.165, 1.54) is 12.1 Å². The van der Waals surface area contributed by atoms with E-state index in [4.69, 9.17) is 4.74 Å². The van der Waals surface area contributed by atoms with Crippen molar-refractivity contribution in [3.63, 3.8) is 0 Å². The molecule has 3 nitrogen and oxygen atoms in total. The largest absolute Gasteiger partial charge is 0.496 e. The van der Waals surface area contributed by atoms with E-state index in [0.29, 0.717) is 6.42 Å². The summed E-state index contributed by atoms with van der Waals surface area (Å²) in [5, 5.41) is 10.3. The number of aromatic nitrogens is 1. The van der Waals surface area contributed by atoms with Gasteiger partial charge in [0.05, 0.1) is 24.8 Å². The Bertz CT molecular complexity index is 612. The number of aliphatic hydroxyl groups excluding tert-OH is 1. The van der Waals surface area contributed by atoms with Crippen LogP contribution in [0.3, 0.4) is 0 Å². The minimum Gasteiger partial charge on any atom is -0.496 e. The minimum absolute atomic E-state index is 0.227. The first-order chi connectivity index (χ1) is 9.70. The summed E-state index contributed by atoms with van der Waals surface area (Å²) < 4.78 is 18.4. The highest BCUT2D eigenvalue weighted by atomic mass is 19.1. The Morgan fingerprint density at radius 3 is 2.70 bits per heavy atom. The number of methoxy groups -OCH3 is 1. The molecule has 2 atom stereocenters. The highest BCUT2D eigenvalue weighted by Crippen LogP contribution is 2.39. The Balaban J connectivity index is 2.10. The van der Waals surface area contributed by atoms with Gasteiger partial charge in [-0.1, -0.05) is 12.1 Å². The smallest absolute Gasteiger partial charge is 0.125 e. The molecule has 20 heavy (non-hydrogen) atoms. The Hall–Kier alpha value is -1.94. The highest BCUT2D eigenvalue weighted by Gasteiger charge is 2.32. The van der Waals surface area contributed by atoms with Crippen LogP contribution in [0.15, 0.2) is 36.5 Å². The molecule has 2 aromatic rings. The van der Waals surface area contributed by atoms with Crippen molar-refractivity contribution in [3.8, 4) is 5.75 Å². The zero-order valence-electron chi connectivity index (χ0n) is 11.2. The lowest BCUT2D eigenvalue weighted by Crippen LogP contribution is -2.27. The van der Waals surface area contributed by atoms with Gasteiger partial charge >= 0.3 is 0 Å². The van der Waals surface area contributed by atoms with Gasteiger partial charge < -0.3 is 9.84 Å². The van der Waals surface area contributed by atoms with Crippen LogP contribution >= 0.6 is 0 Å². The van der Waals surface area contributed by atoms with Crippen molar-refractivity contribution in [1.82, 2.24) is 4.98 Å².